The lowest BCUT2D eigenvalue weighted by Gasteiger charge is -2.15. The summed E-state index contributed by atoms with van der Waals surface area (Å²) in [5, 5.41) is 9.30. The smallest absolute Gasteiger partial charge is 0.293 e. The Labute approximate surface area is 103 Å². The van der Waals surface area contributed by atoms with Gasteiger partial charge in [-0.25, -0.2) is 4.98 Å². The van der Waals surface area contributed by atoms with Gasteiger partial charge in [0.15, 0.2) is 0 Å². The van der Waals surface area contributed by atoms with E-state index >= 15 is 0 Å². The third-order valence-electron chi connectivity index (χ3n) is 2.76. The van der Waals surface area contributed by atoms with E-state index in [1.807, 2.05) is 13.0 Å². The first-order valence-corrected chi connectivity index (χ1v) is 5.87. The average Bonchev–Trinajstić information content (AvgIpc) is 2.31. The zero-order chi connectivity index (χ0) is 12.8. The number of methoxy groups -OCH3 is 1. The molecule has 0 aliphatic rings. The topological polar surface area (TPSA) is 50.4 Å². The molecule has 4 nitrogen and oxygen atoms in total. The van der Waals surface area contributed by atoms with Crippen LogP contribution in [-0.2, 0) is 11.3 Å². The quantitative estimate of drug-likeness (QED) is 0.778. The first-order valence-electron chi connectivity index (χ1n) is 5.87. The highest BCUT2D eigenvalue weighted by Gasteiger charge is 2.21. The highest BCUT2D eigenvalue weighted by molar-refractivity contribution is 5.54. The van der Waals surface area contributed by atoms with Crippen LogP contribution in [-0.4, -0.2) is 20.2 Å². The van der Waals surface area contributed by atoms with Gasteiger partial charge >= 0.3 is 0 Å². The van der Waals surface area contributed by atoms with Crippen molar-refractivity contribution in [2.45, 2.75) is 27.4 Å². The molecule has 1 aromatic rings. The minimum Gasteiger partial charge on any atom is -0.380 e. The molecule has 92 valence electrons. The van der Waals surface area contributed by atoms with E-state index in [2.05, 4.69) is 29.8 Å². The minimum atomic E-state index is 0.465. The van der Waals surface area contributed by atoms with Gasteiger partial charge in [0.25, 0.3) is 5.82 Å². The summed E-state index contributed by atoms with van der Waals surface area (Å²) in [6, 6.07) is 4.24. The second-order valence-corrected chi connectivity index (χ2v) is 3.92. The Kier molecular flexibility index (Phi) is 4.92. The molecule has 0 saturated heterocycles. The number of aromatic amines is 1. The van der Waals surface area contributed by atoms with Crippen molar-refractivity contribution in [2.24, 2.45) is 0 Å². The van der Waals surface area contributed by atoms with E-state index in [-0.39, 0.29) is 0 Å². The van der Waals surface area contributed by atoms with Crippen molar-refractivity contribution in [3.8, 4) is 6.07 Å². The van der Waals surface area contributed by atoms with Gasteiger partial charge in [0, 0.05) is 12.7 Å². The molecule has 0 amide bonds. The summed E-state index contributed by atoms with van der Waals surface area (Å²) in [6.07, 6.45) is 0. The molecule has 0 radical (unpaired) electrons. The third-order valence-corrected chi connectivity index (χ3v) is 2.76. The van der Waals surface area contributed by atoms with Crippen molar-refractivity contribution in [1.82, 2.24) is 0 Å². The minimum absolute atomic E-state index is 0.465. The fourth-order valence-electron chi connectivity index (χ4n) is 1.94. The third kappa shape index (κ3) is 2.95. The van der Waals surface area contributed by atoms with Gasteiger partial charge in [-0.2, -0.15) is 5.26 Å². The largest absolute Gasteiger partial charge is 0.380 e. The molecule has 0 bridgehead atoms. The van der Waals surface area contributed by atoms with Crippen LogP contribution in [0.4, 0.5) is 5.82 Å². The van der Waals surface area contributed by atoms with Gasteiger partial charge in [0.2, 0.25) is 0 Å². The van der Waals surface area contributed by atoms with E-state index < -0.39 is 0 Å². The number of hydrogen-bond donors (Lipinski definition) is 0. The van der Waals surface area contributed by atoms with E-state index in [4.69, 9.17) is 4.74 Å². The van der Waals surface area contributed by atoms with Gasteiger partial charge in [-0.3, -0.25) is 4.90 Å². The molecule has 0 aliphatic heterocycles. The second kappa shape index (κ2) is 6.21. The van der Waals surface area contributed by atoms with Crippen molar-refractivity contribution in [3.05, 3.63) is 22.9 Å². The summed E-state index contributed by atoms with van der Waals surface area (Å²) in [4.78, 5) is 5.42. The Bertz CT molecular complexity index is 419. The Morgan fingerprint density at radius 1 is 1.41 bits per heavy atom. The molecule has 0 atom stereocenters. The van der Waals surface area contributed by atoms with Crippen LogP contribution in [0.1, 0.15) is 30.7 Å². The van der Waals surface area contributed by atoms with E-state index in [1.54, 1.807) is 7.11 Å². The normalized spacial score (nSPS) is 10.1. The maximum absolute atomic E-state index is 9.30. The maximum Gasteiger partial charge on any atom is 0.293 e. The molecule has 17 heavy (non-hydrogen) atoms. The standard InChI is InChI=1S/C13H19N3O/c1-5-16(6-2)13-12(8-14)11(9-17-4)7-10(3)15-13/h7H,5-6,9H2,1-4H3/p+1. The lowest BCUT2D eigenvalue weighted by Crippen LogP contribution is -2.31. The van der Waals surface area contributed by atoms with Crippen LogP contribution in [0.2, 0.25) is 0 Å². The summed E-state index contributed by atoms with van der Waals surface area (Å²) in [5.41, 5.74) is 2.66. The van der Waals surface area contributed by atoms with Crippen LogP contribution >= 0.6 is 0 Å². The number of H-pyrrole nitrogens is 1. The highest BCUT2D eigenvalue weighted by Crippen LogP contribution is 2.19. The van der Waals surface area contributed by atoms with Crippen LogP contribution in [0.5, 0.6) is 0 Å². The number of aromatic nitrogens is 1. The predicted molar refractivity (Wildman–Crippen MR) is 66.7 cm³/mol. The molecule has 0 spiro atoms. The zero-order valence-electron chi connectivity index (χ0n) is 11.0. The van der Waals surface area contributed by atoms with Crippen LogP contribution in [0.3, 0.4) is 0 Å². The SMILES string of the molecule is CCN(CC)c1[nH+]c(C)cc(COC)c1C#N. The van der Waals surface area contributed by atoms with Crippen molar-refractivity contribution >= 4 is 5.82 Å². The van der Waals surface area contributed by atoms with E-state index in [0.717, 1.165) is 30.2 Å². The number of aryl methyl sites for hydroxylation is 1. The number of nitrogens with zero attached hydrogens (tertiary/aromatic N) is 2. The monoisotopic (exact) mass is 234 g/mol. The summed E-state index contributed by atoms with van der Waals surface area (Å²) < 4.78 is 5.14. The van der Waals surface area contributed by atoms with Crippen LogP contribution < -0.4 is 9.88 Å². The van der Waals surface area contributed by atoms with Crippen molar-refractivity contribution in [1.29, 1.82) is 5.26 Å². The fraction of sp³-hybridized carbons (Fsp3) is 0.538. The number of nitrogens with one attached hydrogen (secondary N) is 1. The molecule has 0 fully saturated rings. The first kappa shape index (κ1) is 13.5. The summed E-state index contributed by atoms with van der Waals surface area (Å²) in [6.45, 7) is 8.36. The lowest BCUT2D eigenvalue weighted by atomic mass is 10.1. The maximum atomic E-state index is 9.30. The number of pyridine rings is 1. The van der Waals surface area contributed by atoms with Gasteiger partial charge in [-0.05, 0) is 26.8 Å². The molecular formula is C13H20N3O+. The van der Waals surface area contributed by atoms with Crippen LogP contribution in [0, 0.1) is 18.3 Å². The lowest BCUT2D eigenvalue weighted by molar-refractivity contribution is -0.374. The molecule has 0 aromatic carbocycles. The molecule has 1 rings (SSSR count). The number of anilines is 1. The average molecular weight is 234 g/mol. The molecule has 1 N–H and O–H groups in total. The Morgan fingerprint density at radius 3 is 2.53 bits per heavy atom. The Morgan fingerprint density at radius 2 is 2.06 bits per heavy atom. The first-order chi connectivity index (χ1) is 8.17. The van der Waals surface area contributed by atoms with Gasteiger partial charge in [0.1, 0.15) is 11.6 Å². The number of hydrogen-bond acceptors (Lipinski definition) is 3. The summed E-state index contributed by atoms with van der Waals surface area (Å²) in [7, 11) is 1.64. The number of rotatable bonds is 5. The molecule has 1 aromatic heterocycles. The van der Waals surface area contributed by atoms with E-state index in [0.29, 0.717) is 12.2 Å². The zero-order valence-corrected chi connectivity index (χ0v) is 11.0. The van der Waals surface area contributed by atoms with E-state index in [9.17, 15) is 5.26 Å². The van der Waals surface area contributed by atoms with Gasteiger partial charge in [-0.15, -0.1) is 0 Å². The van der Waals surface area contributed by atoms with E-state index in [1.165, 1.54) is 0 Å². The summed E-state index contributed by atoms with van der Waals surface area (Å²) in [5.74, 6) is 0.893. The van der Waals surface area contributed by atoms with Crippen LogP contribution in [0.25, 0.3) is 0 Å². The van der Waals surface area contributed by atoms with Gasteiger partial charge < -0.3 is 4.74 Å². The molecule has 0 saturated carbocycles. The number of ether oxygens (including phenoxy) is 1. The van der Waals surface area contributed by atoms with Gasteiger partial charge in [-0.1, -0.05) is 0 Å². The van der Waals surface area contributed by atoms with Crippen molar-refractivity contribution < 1.29 is 9.72 Å². The Balaban J connectivity index is 3.32. The van der Waals surface area contributed by atoms with Crippen molar-refractivity contribution in [2.75, 3.05) is 25.1 Å². The molecular weight excluding hydrogens is 214 g/mol. The fourth-order valence-corrected chi connectivity index (χ4v) is 1.94. The molecule has 0 aliphatic carbocycles. The summed E-state index contributed by atoms with van der Waals surface area (Å²) >= 11 is 0. The molecule has 1 heterocycles. The predicted octanol–water partition coefficient (Wildman–Crippen LogP) is 1.67. The Hall–Kier alpha value is -1.60. The molecule has 0 unspecified atom stereocenters. The van der Waals surface area contributed by atoms with Crippen LogP contribution in [0.15, 0.2) is 6.07 Å². The number of nitriles is 1. The highest BCUT2D eigenvalue weighted by atomic mass is 16.5. The second-order valence-electron chi connectivity index (χ2n) is 3.92. The van der Waals surface area contributed by atoms with Crippen molar-refractivity contribution in [3.63, 3.8) is 0 Å². The molecule has 4 heteroatoms. The van der Waals surface area contributed by atoms with Gasteiger partial charge in [0.05, 0.1) is 25.4 Å².